The lowest BCUT2D eigenvalue weighted by Gasteiger charge is -1.86. The first-order chi connectivity index (χ1) is 3.70. The Hall–Kier alpha value is 1.54. The molecule has 0 heterocycles. The summed E-state index contributed by atoms with van der Waals surface area (Å²) >= 11 is 6.98. The van der Waals surface area contributed by atoms with E-state index in [1.54, 1.807) is 0 Å². The number of hydrogen-bond acceptors (Lipinski definition) is 0. The van der Waals surface area contributed by atoms with Gasteiger partial charge in [-0.2, -0.15) is 12.1 Å². The smallest absolute Gasteiger partial charge is 0.0734 e. The zero-order valence-electron chi connectivity index (χ0n) is 3.79. The Morgan fingerprint density at radius 2 is 2.00 bits per heavy atom. The molecule has 1 aromatic carbocycles. The minimum atomic E-state index is 1.33. The lowest BCUT2D eigenvalue weighted by atomic mass is 10.7. The van der Waals surface area contributed by atoms with E-state index in [9.17, 15) is 0 Å². The van der Waals surface area contributed by atoms with E-state index >= 15 is 0 Å². The zero-order chi connectivity index (χ0) is 6.15. The average Bonchev–Trinajstić information content (AvgIpc) is 1.85. The Morgan fingerprint density at radius 1 is 1.38 bits per heavy atom. The molecule has 1 rings (SSSR count). The van der Waals surface area contributed by atoms with Gasteiger partial charge in [-0.05, 0) is 0 Å². The van der Waals surface area contributed by atoms with Crippen molar-refractivity contribution in [1.29, 1.82) is 0 Å². The second-order valence-electron chi connectivity index (χ2n) is 1.37. The van der Waals surface area contributed by atoms with Crippen molar-refractivity contribution in [2.45, 2.75) is 0 Å². The highest BCUT2D eigenvalue weighted by atomic mass is 127. The van der Waals surface area contributed by atoms with Gasteiger partial charge in [0, 0.05) is 0 Å². The first-order valence-corrected chi connectivity index (χ1v) is 5.21. The standard InChI is InChI=1S/C5H2I3/c6-3-1-4(7)5(8)2-3/h1-2H/q-1. The van der Waals surface area contributed by atoms with Crippen LogP contribution in [0.15, 0.2) is 12.1 Å². The topological polar surface area (TPSA) is 0 Å². The molecule has 0 aromatic heterocycles. The molecule has 0 aliphatic rings. The molecule has 44 valence electrons. The van der Waals surface area contributed by atoms with Crippen molar-refractivity contribution >= 4 is 67.8 Å². The summed E-state index contributed by atoms with van der Waals surface area (Å²) < 4.78 is 4.04. The van der Waals surface area contributed by atoms with E-state index in [-0.39, 0.29) is 0 Å². The molecule has 0 aliphatic carbocycles. The van der Waals surface area contributed by atoms with Crippen LogP contribution in [-0.4, -0.2) is 0 Å². The molecule has 0 aliphatic heterocycles. The quantitative estimate of drug-likeness (QED) is 0.427. The summed E-state index contributed by atoms with van der Waals surface area (Å²) in [4.78, 5) is 0. The minimum absolute atomic E-state index is 1.33. The predicted octanol–water partition coefficient (Wildman–Crippen LogP) is 3.22. The fraction of sp³-hybridized carbons (Fsp3) is 0. The summed E-state index contributed by atoms with van der Waals surface area (Å²) in [6.07, 6.45) is 0. The van der Waals surface area contributed by atoms with E-state index in [1.807, 2.05) is 0 Å². The Labute approximate surface area is 89.2 Å². The molecular weight excluding hydrogens is 441 g/mol. The van der Waals surface area contributed by atoms with E-state index < -0.39 is 0 Å². The molecule has 0 nitrogen and oxygen atoms in total. The van der Waals surface area contributed by atoms with Gasteiger partial charge in [0.05, 0.1) is 0 Å². The molecule has 0 saturated heterocycles. The van der Waals surface area contributed by atoms with Crippen LogP contribution in [-0.2, 0) is 0 Å². The first kappa shape index (κ1) is 7.64. The molecule has 8 heavy (non-hydrogen) atoms. The van der Waals surface area contributed by atoms with Crippen molar-refractivity contribution in [3.63, 3.8) is 0 Å². The summed E-state index contributed by atoms with van der Waals surface area (Å²) in [7, 11) is 0. The van der Waals surface area contributed by atoms with Crippen molar-refractivity contribution in [3.05, 3.63) is 22.8 Å². The molecular formula is C5H2I3-. The van der Waals surface area contributed by atoms with Gasteiger partial charge < -0.3 is 0 Å². The maximum atomic E-state index is 2.33. The molecule has 0 amide bonds. The summed E-state index contributed by atoms with van der Waals surface area (Å²) in [5.74, 6) is 0. The maximum Gasteiger partial charge on any atom is -0.0734 e. The third-order valence-corrected chi connectivity index (χ3v) is 4.20. The third kappa shape index (κ3) is 1.76. The van der Waals surface area contributed by atoms with Gasteiger partial charge in [0.15, 0.2) is 0 Å². The maximum absolute atomic E-state index is 2.33. The van der Waals surface area contributed by atoms with Crippen molar-refractivity contribution in [3.8, 4) is 0 Å². The number of halogens is 3. The predicted molar refractivity (Wildman–Crippen MR) is 60.2 cm³/mol. The van der Waals surface area contributed by atoms with Gasteiger partial charge in [-0.25, -0.2) is 0 Å². The normalized spacial score (nSPS) is 9.88. The Bertz CT molecular complexity index is 170. The van der Waals surface area contributed by atoms with Crippen LogP contribution in [0.1, 0.15) is 0 Å². The summed E-state index contributed by atoms with van der Waals surface area (Å²) in [5, 5.41) is 0. The third-order valence-electron chi connectivity index (χ3n) is 0.757. The van der Waals surface area contributed by atoms with Crippen LogP contribution in [0.3, 0.4) is 0 Å². The van der Waals surface area contributed by atoms with Gasteiger partial charge in [0.2, 0.25) is 0 Å². The fourth-order valence-corrected chi connectivity index (χ4v) is 3.22. The minimum Gasteiger partial charge on any atom is -0.187 e. The van der Waals surface area contributed by atoms with Crippen molar-refractivity contribution in [2.24, 2.45) is 0 Å². The molecule has 1 aromatic rings. The van der Waals surface area contributed by atoms with Crippen LogP contribution < -0.4 is 0 Å². The van der Waals surface area contributed by atoms with Crippen LogP contribution in [0.5, 0.6) is 0 Å². The molecule has 0 unspecified atom stereocenters. The lowest BCUT2D eigenvalue weighted by Crippen LogP contribution is -1.60. The van der Waals surface area contributed by atoms with Gasteiger partial charge >= 0.3 is 0 Å². The van der Waals surface area contributed by atoms with Crippen LogP contribution in [0, 0.1) is 10.7 Å². The van der Waals surface area contributed by atoms with Gasteiger partial charge in [0.25, 0.3) is 0 Å². The SMILES string of the molecule is Ic1cc(I)[c-](I)c1. The molecule has 0 N–H and O–H groups in total. The van der Waals surface area contributed by atoms with Gasteiger partial charge in [-0.3, -0.25) is 0 Å². The highest BCUT2D eigenvalue weighted by molar-refractivity contribution is 14.1. The molecule has 0 bridgehead atoms. The highest BCUT2D eigenvalue weighted by Gasteiger charge is 1.85. The van der Waals surface area contributed by atoms with E-state index in [4.69, 9.17) is 0 Å². The summed E-state index contributed by atoms with van der Waals surface area (Å²) in [5.41, 5.74) is 0. The van der Waals surface area contributed by atoms with Crippen molar-refractivity contribution < 1.29 is 0 Å². The largest absolute Gasteiger partial charge is 0.187 e. The second kappa shape index (κ2) is 3.09. The summed E-state index contributed by atoms with van der Waals surface area (Å²) in [6.45, 7) is 0. The fourth-order valence-electron chi connectivity index (χ4n) is 0.422. The highest BCUT2D eigenvalue weighted by Crippen LogP contribution is 2.20. The van der Waals surface area contributed by atoms with Gasteiger partial charge in [0.1, 0.15) is 0 Å². The van der Waals surface area contributed by atoms with Crippen LogP contribution in [0.2, 0.25) is 0 Å². The van der Waals surface area contributed by atoms with E-state index in [1.165, 1.54) is 10.7 Å². The van der Waals surface area contributed by atoms with E-state index in [2.05, 4.69) is 79.9 Å². The molecule has 0 atom stereocenters. The first-order valence-electron chi connectivity index (χ1n) is 1.97. The summed E-state index contributed by atoms with van der Waals surface area (Å²) in [6, 6.07) is 4.34. The van der Waals surface area contributed by atoms with E-state index in [0.717, 1.165) is 0 Å². The van der Waals surface area contributed by atoms with Crippen LogP contribution >= 0.6 is 67.8 Å². The zero-order valence-corrected chi connectivity index (χ0v) is 10.3. The molecule has 0 spiro atoms. The molecule has 3 heteroatoms. The van der Waals surface area contributed by atoms with Gasteiger partial charge in [-0.1, -0.05) is 29.7 Å². The Balaban J connectivity index is 3.14. The number of hydrogen-bond donors (Lipinski definition) is 0. The van der Waals surface area contributed by atoms with E-state index in [0.29, 0.717) is 0 Å². The second-order valence-corrected chi connectivity index (χ2v) is 4.94. The van der Waals surface area contributed by atoms with Gasteiger partial charge in [-0.15, -0.1) is 48.8 Å². The monoisotopic (exact) mass is 443 g/mol. The van der Waals surface area contributed by atoms with Crippen molar-refractivity contribution in [1.82, 2.24) is 0 Å². The van der Waals surface area contributed by atoms with Crippen LogP contribution in [0.25, 0.3) is 0 Å². The lowest BCUT2D eigenvalue weighted by molar-refractivity contribution is 1.78. The molecule has 0 saturated carbocycles. The van der Waals surface area contributed by atoms with Crippen molar-refractivity contribution in [2.75, 3.05) is 0 Å². The Morgan fingerprint density at radius 3 is 2.12 bits per heavy atom. The average molecular weight is 443 g/mol. The number of rotatable bonds is 0. The Kier molecular flexibility index (Phi) is 2.95. The molecule has 0 radical (unpaired) electrons. The van der Waals surface area contributed by atoms with Crippen LogP contribution in [0.4, 0.5) is 0 Å². The molecule has 0 fully saturated rings.